The van der Waals surface area contributed by atoms with Gasteiger partial charge in [-0.25, -0.2) is 13.1 Å². The second-order valence-corrected chi connectivity index (χ2v) is 8.16. The molecule has 3 nitrogen and oxygen atoms in total. The minimum Gasteiger partial charge on any atom is -0.214 e. The summed E-state index contributed by atoms with van der Waals surface area (Å²) in [6.45, 7) is 8.32. The fourth-order valence-corrected chi connectivity index (χ4v) is 3.79. The van der Waals surface area contributed by atoms with Crippen molar-refractivity contribution in [3.05, 3.63) is 0 Å². The second-order valence-electron chi connectivity index (χ2n) is 5.05. The number of sulfonamides is 1. The molecule has 5 heteroatoms. The number of hydrogen-bond donors (Lipinski definition) is 1. The van der Waals surface area contributed by atoms with Crippen LogP contribution in [0.1, 0.15) is 40.5 Å². The van der Waals surface area contributed by atoms with Gasteiger partial charge in [0, 0.05) is 11.4 Å². The largest absolute Gasteiger partial charge is 0.214 e. The molecule has 1 N–H and O–H groups in total. The molecule has 0 saturated carbocycles. The number of nitrogens with one attached hydrogen (secondary N) is 1. The fraction of sp³-hybridized carbons (Fsp3) is 1.00. The first-order valence-electron chi connectivity index (χ1n) is 5.28. The van der Waals surface area contributed by atoms with Crippen LogP contribution < -0.4 is 4.72 Å². The smallest absolute Gasteiger partial charge is 0.212 e. The Bertz CT molecular complexity index is 270. The van der Waals surface area contributed by atoms with Gasteiger partial charge in [-0.1, -0.05) is 50.0 Å². The molecular formula is C10H22BrNO2S. The summed E-state index contributed by atoms with van der Waals surface area (Å²) in [5.41, 5.74) is -0.196. The van der Waals surface area contributed by atoms with Gasteiger partial charge in [0.2, 0.25) is 10.0 Å². The van der Waals surface area contributed by atoms with E-state index in [1.165, 1.54) is 0 Å². The number of rotatable bonds is 6. The van der Waals surface area contributed by atoms with Crippen molar-refractivity contribution in [3.8, 4) is 0 Å². The van der Waals surface area contributed by atoms with E-state index in [-0.39, 0.29) is 16.0 Å². The maximum atomic E-state index is 11.6. The quantitative estimate of drug-likeness (QED) is 0.766. The van der Waals surface area contributed by atoms with Crippen molar-refractivity contribution < 1.29 is 8.42 Å². The van der Waals surface area contributed by atoms with Gasteiger partial charge in [0.05, 0.1) is 5.75 Å². The normalized spacial score (nSPS) is 15.3. The van der Waals surface area contributed by atoms with Crippen molar-refractivity contribution in [2.24, 2.45) is 5.41 Å². The predicted octanol–water partition coefficient (Wildman–Crippen LogP) is 2.52. The molecule has 0 heterocycles. The molecule has 0 radical (unpaired) electrons. The highest BCUT2D eigenvalue weighted by Crippen LogP contribution is 2.15. The van der Waals surface area contributed by atoms with E-state index in [1.807, 2.05) is 20.8 Å². The zero-order valence-corrected chi connectivity index (χ0v) is 12.4. The molecule has 0 aliphatic rings. The van der Waals surface area contributed by atoms with Crippen LogP contribution in [0.15, 0.2) is 0 Å². The SMILES string of the molecule is CCCC(Br)CNS(=O)(=O)CC(C)(C)C. The van der Waals surface area contributed by atoms with Crippen molar-refractivity contribution in [3.63, 3.8) is 0 Å². The summed E-state index contributed by atoms with van der Waals surface area (Å²) < 4.78 is 25.9. The van der Waals surface area contributed by atoms with Crippen molar-refractivity contribution in [1.82, 2.24) is 4.72 Å². The first-order chi connectivity index (χ1) is 6.66. The monoisotopic (exact) mass is 299 g/mol. The van der Waals surface area contributed by atoms with Crippen molar-refractivity contribution in [1.29, 1.82) is 0 Å². The Balaban J connectivity index is 4.06. The third kappa shape index (κ3) is 9.33. The standard InChI is InChI=1S/C10H22BrNO2S/c1-5-6-9(11)7-12-15(13,14)8-10(2,3)4/h9,12H,5-8H2,1-4H3. The Kier molecular flexibility index (Phi) is 6.37. The molecule has 0 bridgehead atoms. The maximum Gasteiger partial charge on any atom is 0.212 e. The Morgan fingerprint density at radius 1 is 1.33 bits per heavy atom. The van der Waals surface area contributed by atoms with Crippen LogP contribution in [0.2, 0.25) is 0 Å². The Morgan fingerprint density at radius 3 is 2.27 bits per heavy atom. The van der Waals surface area contributed by atoms with Crippen LogP contribution in [-0.2, 0) is 10.0 Å². The van der Waals surface area contributed by atoms with Gasteiger partial charge < -0.3 is 0 Å². The Hall–Kier alpha value is 0.390. The predicted molar refractivity (Wildman–Crippen MR) is 68.9 cm³/mol. The molecule has 0 spiro atoms. The van der Waals surface area contributed by atoms with E-state index in [9.17, 15) is 8.42 Å². The average molecular weight is 300 g/mol. The van der Waals surface area contributed by atoms with E-state index < -0.39 is 10.0 Å². The zero-order valence-electron chi connectivity index (χ0n) is 10.0. The minimum atomic E-state index is -3.13. The Labute approximate surface area is 102 Å². The summed E-state index contributed by atoms with van der Waals surface area (Å²) in [5, 5.41) is 0. The van der Waals surface area contributed by atoms with Crippen molar-refractivity contribution in [2.45, 2.75) is 45.4 Å². The van der Waals surface area contributed by atoms with Gasteiger partial charge in [0.1, 0.15) is 0 Å². The van der Waals surface area contributed by atoms with Crippen LogP contribution in [0.3, 0.4) is 0 Å². The van der Waals surface area contributed by atoms with Gasteiger partial charge in [-0.2, -0.15) is 0 Å². The molecular weight excluding hydrogens is 278 g/mol. The Morgan fingerprint density at radius 2 is 1.87 bits per heavy atom. The molecule has 0 amide bonds. The zero-order chi connectivity index (χ0) is 12.1. The summed E-state index contributed by atoms with van der Waals surface area (Å²) in [5.74, 6) is 0.172. The summed E-state index contributed by atoms with van der Waals surface area (Å²) in [4.78, 5) is 0.234. The molecule has 0 aromatic heterocycles. The van der Waals surface area contributed by atoms with Crippen LogP contribution in [0, 0.1) is 5.41 Å². The number of halogens is 1. The lowest BCUT2D eigenvalue weighted by Gasteiger charge is -2.19. The average Bonchev–Trinajstić information content (AvgIpc) is 1.97. The van der Waals surface area contributed by atoms with Gasteiger partial charge >= 0.3 is 0 Å². The molecule has 0 aromatic rings. The van der Waals surface area contributed by atoms with Crippen molar-refractivity contribution in [2.75, 3.05) is 12.3 Å². The minimum absolute atomic E-state index is 0.172. The van der Waals surface area contributed by atoms with Gasteiger partial charge in [-0.3, -0.25) is 0 Å². The highest BCUT2D eigenvalue weighted by atomic mass is 79.9. The molecule has 1 unspecified atom stereocenters. The van der Waals surface area contributed by atoms with Crippen LogP contribution in [0.4, 0.5) is 0 Å². The molecule has 1 atom stereocenters. The van der Waals surface area contributed by atoms with E-state index in [0.29, 0.717) is 6.54 Å². The molecule has 0 fully saturated rings. The maximum absolute atomic E-state index is 11.6. The van der Waals surface area contributed by atoms with Crippen molar-refractivity contribution >= 4 is 26.0 Å². The van der Waals surface area contributed by atoms with Crippen LogP contribution >= 0.6 is 15.9 Å². The highest BCUT2D eigenvalue weighted by molar-refractivity contribution is 9.09. The van der Waals surface area contributed by atoms with Gasteiger partial charge in [-0.15, -0.1) is 0 Å². The molecule has 0 aromatic carbocycles. The molecule has 15 heavy (non-hydrogen) atoms. The molecule has 0 saturated heterocycles. The van der Waals surface area contributed by atoms with Crippen LogP contribution in [0.5, 0.6) is 0 Å². The second kappa shape index (κ2) is 6.21. The summed E-state index contributed by atoms with van der Waals surface area (Å²) in [7, 11) is -3.13. The summed E-state index contributed by atoms with van der Waals surface area (Å²) in [6, 6.07) is 0. The number of alkyl halides is 1. The summed E-state index contributed by atoms with van der Waals surface area (Å²) in [6.07, 6.45) is 2.04. The lowest BCUT2D eigenvalue weighted by molar-refractivity contribution is 0.458. The van der Waals surface area contributed by atoms with Crippen LogP contribution in [-0.4, -0.2) is 25.5 Å². The number of hydrogen-bond acceptors (Lipinski definition) is 2. The van der Waals surface area contributed by atoms with E-state index in [2.05, 4.69) is 27.6 Å². The van der Waals surface area contributed by atoms with Gasteiger partial charge in [0.25, 0.3) is 0 Å². The van der Waals surface area contributed by atoms with E-state index >= 15 is 0 Å². The molecule has 0 aliphatic carbocycles. The molecule has 0 aliphatic heterocycles. The van der Waals surface area contributed by atoms with E-state index in [1.54, 1.807) is 0 Å². The topological polar surface area (TPSA) is 46.2 Å². The third-order valence-electron chi connectivity index (χ3n) is 1.75. The van der Waals surface area contributed by atoms with E-state index in [0.717, 1.165) is 12.8 Å². The van der Waals surface area contributed by atoms with Gasteiger partial charge in [0.15, 0.2) is 0 Å². The lowest BCUT2D eigenvalue weighted by atomic mass is 10.0. The van der Waals surface area contributed by atoms with E-state index in [4.69, 9.17) is 0 Å². The fourth-order valence-electron chi connectivity index (χ4n) is 1.25. The first kappa shape index (κ1) is 15.4. The lowest BCUT2D eigenvalue weighted by Crippen LogP contribution is -2.35. The third-order valence-corrected chi connectivity index (χ3v) is 4.38. The summed E-state index contributed by atoms with van der Waals surface area (Å²) >= 11 is 3.44. The highest BCUT2D eigenvalue weighted by Gasteiger charge is 2.21. The first-order valence-corrected chi connectivity index (χ1v) is 7.84. The van der Waals surface area contributed by atoms with Gasteiger partial charge in [-0.05, 0) is 11.8 Å². The molecule has 92 valence electrons. The molecule has 0 rings (SSSR count). The van der Waals surface area contributed by atoms with Crippen LogP contribution in [0.25, 0.3) is 0 Å².